The van der Waals surface area contributed by atoms with Crippen molar-refractivity contribution in [3.05, 3.63) is 200 Å². The fourth-order valence-electron chi connectivity index (χ4n) is 8.27. The Balaban J connectivity index is 0.963. The molecule has 8 aromatic carbocycles. The molecule has 3 heterocycles. The predicted octanol–water partition coefficient (Wildman–Crippen LogP) is 15.8. The lowest BCUT2D eigenvalue weighted by Gasteiger charge is -2.10. The van der Waals surface area contributed by atoms with Crippen molar-refractivity contribution in [1.82, 2.24) is 4.98 Å². The first-order chi connectivity index (χ1) is 27.8. The number of rotatable bonds is 6. The zero-order valence-electron chi connectivity index (χ0n) is 30.3. The lowest BCUT2D eigenvalue weighted by molar-refractivity contribution is 1.33. The molecule has 56 heavy (non-hydrogen) atoms. The van der Waals surface area contributed by atoms with Gasteiger partial charge in [0, 0.05) is 63.9 Å². The Morgan fingerprint density at radius 2 is 0.554 bits per heavy atom. The summed E-state index contributed by atoms with van der Waals surface area (Å²) in [5.74, 6) is 0. The van der Waals surface area contributed by atoms with Crippen molar-refractivity contribution < 1.29 is 0 Å². The lowest BCUT2D eigenvalue weighted by Crippen LogP contribution is -1.87. The van der Waals surface area contributed by atoms with Crippen LogP contribution in [0.2, 0.25) is 0 Å². The maximum absolute atomic E-state index is 4.78. The summed E-state index contributed by atoms with van der Waals surface area (Å²) in [6.07, 6.45) is 3.97. The summed E-state index contributed by atoms with van der Waals surface area (Å²) in [6, 6.07) is 68.4. The average Bonchev–Trinajstić information content (AvgIpc) is 3.86. The van der Waals surface area contributed by atoms with E-state index in [1.165, 1.54) is 84.9 Å². The van der Waals surface area contributed by atoms with Gasteiger partial charge in [-0.05, 0) is 73.8 Å². The van der Waals surface area contributed by atoms with E-state index < -0.39 is 0 Å². The van der Waals surface area contributed by atoms with Crippen LogP contribution in [0.3, 0.4) is 0 Å². The molecule has 0 aliphatic rings. The van der Waals surface area contributed by atoms with Crippen molar-refractivity contribution in [1.29, 1.82) is 0 Å². The second-order valence-corrected chi connectivity index (χ2v) is 16.3. The maximum Gasteiger partial charge on any atom is 0.0434 e. The fourth-order valence-corrected chi connectivity index (χ4v) is 11.0. The van der Waals surface area contributed by atoms with Gasteiger partial charge < -0.3 is 0 Å². The first kappa shape index (κ1) is 32.8. The molecule has 0 spiro atoms. The Kier molecular flexibility index (Phi) is 7.94. The summed E-state index contributed by atoms with van der Waals surface area (Å²) in [5.41, 5.74) is 14.5. The van der Waals surface area contributed by atoms with Crippen LogP contribution in [0.4, 0.5) is 0 Å². The van der Waals surface area contributed by atoms with Crippen LogP contribution in [-0.4, -0.2) is 4.98 Å². The molecule has 0 radical (unpaired) electrons. The van der Waals surface area contributed by atoms with Gasteiger partial charge in [-0.2, -0.15) is 0 Å². The molecule has 0 bridgehead atoms. The monoisotopic (exact) mass is 747 g/mol. The third kappa shape index (κ3) is 5.55. The molecule has 0 atom stereocenters. The number of hydrogen-bond donors (Lipinski definition) is 0. The third-order valence-electron chi connectivity index (χ3n) is 11.0. The van der Waals surface area contributed by atoms with Gasteiger partial charge >= 0.3 is 0 Å². The largest absolute Gasteiger partial charge is 0.263 e. The van der Waals surface area contributed by atoms with E-state index in [1.807, 2.05) is 35.1 Å². The minimum absolute atomic E-state index is 1.10. The van der Waals surface area contributed by atoms with Crippen LogP contribution in [0.5, 0.6) is 0 Å². The second-order valence-electron chi connectivity index (χ2n) is 14.3. The number of thiophene rings is 2. The van der Waals surface area contributed by atoms with Crippen molar-refractivity contribution in [3.63, 3.8) is 0 Å². The molecule has 0 saturated heterocycles. The molecule has 11 rings (SSSR count). The molecule has 0 aliphatic heterocycles. The number of pyridine rings is 1. The Morgan fingerprint density at radius 1 is 0.250 bits per heavy atom. The Hall–Kier alpha value is -6.65. The van der Waals surface area contributed by atoms with Gasteiger partial charge in [0.1, 0.15) is 0 Å². The molecule has 1 nitrogen and oxygen atoms in total. The van der Waals surface area contributed by atoms with E-state index in [-0.39, 0.29) is 0 Å². The third-order valence-corrected chi connectivity index (χ3v) is 13.5. The van der Waals surface area contributed by atoms with Gasteiger partial charge in [0.15, 0.2) is 0 Å². The highest BCUT2D eigenvalue weighted by molar-refractivity contribution is 7.27. The summed E-state index contributed by atoms with van der Waals surface area (Å²) in [6.45, 7) is 0. The molecule has 11 aromatic rings. The quantitative estimate of drug-likeness (QED) is 0.165. The van der Waals surface area contributed by atoms with Gasteiger partial charge in [0.2, 0.25) is 0 Å². The van der Waals surface area contributed by atoms with Crippen LogP contribution in [0, 0.1) is 0 Å². The highest BCUT2D eigenvalue weighted by Crippen LogP contribution is 2.46. The fraction of sp³-hybridized carbons (Fsp3) is 0. The van der Waals surface area contributed by atoms with Gasteiger partial charge in [0.25, 0.3) is 0 Å². The lowest BCUT2D eigenvalue weighted by atomic mass is 9.95. The normalized spacial score (nSPS) is 11.6. The van der Waals surface area contributed by atoms with Crippen LogP contribution in [-0.2, 0) is 0 Å². The molecular formula is C53H33NS2. The van der Waals surface area contributed by atoms with Gasteiger partial charge in [-0.15, -0.1) is 22.7 Å². The SMILES string of the molecule is c1ccc(-c2cccc3c2sc2c(-c4cccc(-c5cncc(-c6cccc(-c7cccc8c7sc7c(-c9ccccc9)cccc78)c6)c5)c4)cccc23)cc1. The summed E-state index contributed by atoms with van der Waals surface area (Å²) < 4.78 is 5.29. The summed E-state index contributed by atoms with van der Waals surface area (Å²) >= 11 is 3.79. The summed E-state index contributed by atoms with van der Waals surface area (Å²) in [5, 5.41) is 5.22. The van der Waals surface area contributed by atoms with Crippen molar-refractivity contribution in [3.8, 4) is 66.8 Å². The van der Waals surface area contributed by atoms with E-state index in [9.17, 15) is 0 Å². The molecule has 0 amide bonds. The van der Waals surface area contributed by atoms with Crippen LogP contribution in [0.25, 0.3) is 107 Å². The van der Waals surface area contributed by atoms with Gasteiger partial charge in [0.05, 0.1) is 0 Å². The highest BCUT2D eigenvalue weighted by Gasteiger charge is 2.16. The van der Waals surface area contributed by atoms with E-state index >= 15 is 0 Å². The van der Waals surface area contributed by atoms with Crippen LogP contribution in [0.1, 0.15) is 0 Å². The molecule has 0 unspecified atom stereocenters. The van der Waals surface area contributed by atoms with Crippen molar-refractivity contribution >= 4 is 63.0 Å². The predicted molar refractivity (Wildman–Crippen MR) is 243 cm³/mol. The van der Waals surface area contributed by atoms with Crippen LogP contribution < -0.4 is 0 Å². The van der Waals surface area contributed by atoms with E-state index in [0.29, 0.717) is 0 Å². The highest BCUT2D eigenvalue weighted by atomic mass is 32.1. The number of aromatic nitrogens is 1. The van der Waals surface area contributed by atoms with Crippen LogP contribution in [0.15, 0.2) is 200 Å². The molecule has 262 valence electrons. The number of benzene rings is 8. The van der Waals surface area contributed by atoms with Crippen molar-refractivity contribution in [2.75, 3.05) is 0 Å². The minimum Gasteiger partial charge on any atom is -0.263 e. The smallest absolute Gasteiger partial charge is 0.0434 e. The van der Waals surface area contributed by atoms with E-state index in [4.69, 9.17) is 4.98 Å². The number of hydrogen-bond acceptors (Lipinski definition) is 3. The molecule has 0 fully saturated rings. The van der Waals surface area contributed by atoms with Gasteiger partial charge in [-0.1, -0.05) is 170 Å². The molecule has 0 N–H and O–H groups in total. The Morgan fingerprint density at radius 3 is 0.946 bits per heavy atom. The van der Waals surface area contributed by atoms with E-state index in [1.54, 1.807) is 0 Å². The van der Waals surface area contributed by atoms with Gasteiger partial charge in [-0.25, -0.2) is 0 Å². The summed E-state index contributed by atoms with van der Waals surface area (Å²) in [4.78, 5) is 4.78. The molecule has 3 aromatic heterocycles. The Labute approximate surface area is 333 Å². The van der Waals surface area contributed by atoms with E-state index in [2.05, 4.69) is 188 Å². The number of nitrogens with zero attached hydrogens (tertiary/aromatic N) is 1. The van der Waals surface area contributed by atoms with Crippen LogP contribution >= 0.6 is 22.7 Å². The van der Waals surface area contributed by atoms with Crippen molar-refractivity contribution in [2.24, 2.45) is 0 Å². The molecule has 3 heteroatoms. The number of fused-ring (bicyclic) bond motifs is 6. The second kappa shape index (κ2) is 13.6. The topological polar surface area (TPSA) is 12.9 Å². The first-order valence-electron chi connectivity index (χ1n) is 18.9. The zero-order valence-corrected chi connectivity index (χ0v) is 31.9. The Bertz CT molecular complexity index is 3030. The minimum atomic E-state index is 1.10. The first-order valence-corrected chi connectivity index (χ1v) is 20.6. The average molecular weight is 748 g/mol. The molecule has 0 aliphatic carbocycles. The van der Waals surface area contributed by atoms with E-state index in [0.717, 1.165) is 22.3 Å². The standard InChI is InChI=1S/C53H33NS2/c1-3-13-34(14-4-1)42-21-9-25-46-48-27-11-23-44(52(48)55-50(42)46)38-19-7-17-36(29-38)40-31-41(33-54-32-40)37-18-8-20-39(30-37)45-24-12-28-49-47-26-10-22-43(51(47)56-53(45)49)35-15-5-2-6-16-35/h1-33H. The van der Waals surface area contributed by atoms with Gasteiger partial charge in [-0.3, -0.25) is 4.98 Å². The molecule has 0 saturated carbocycles. The van der Waals surface area contributed by atoms with Crippen molar-refractivity contribution in [2.45, 2.75) is 0 Å². The summed E-state index contributed by atoms with van der Waals surface area (Å²) in [7, 11) is 0. The maximum atomic E-state index is 4.78. The zero-order chi connectivity index (χ0) is 37.0. The molecular weight excluding hydrogens is 715 g/mol.